The molecule has 2 aromatic rings. The van der Waals surface area contributed by atoms with Crippen LogP contribution in [0.2, 0.25) is 0 Å². The van der Waals surface area contributed by atoms with E-state index in [2.05, 4.69) is 15.7 Å². The Morgan fingerprint density at radius 1 is 1.14 bits per heavy atom. The summed E-state index contributed by atoms with van der Waals surface area (Å²) in [5.74, 6) is 0.217. The molecule has 3 atom stereocenters. The third-order valence-electron chi connectivity index (χ3n) is 7.46. The molecule has 1 aromatic heterocycles. The molecule has 10 nitrogen and oxygen atoms in total. The summed E-state index contributed by atoms with van der Waals surface area (Å²) in [6, 6.07) is 5.01. The molecule has 1 saturated carbocycles. The highest BCUT2D eigenvalue weighted by atomic mass is 16.5. The molecule has 5 rings (SSSR count). The standard InChI is InChI=1S/C26H33N5O5/c1-15-20(13-30(2)29-15)28-24(32)12-18-8-9-21-23(36-18)14-35-22-10-7-17(11-19(22)26(34)31(21)3)27-25(33)16-5-4-6-16/h7,10-11,13,16,18,21,23H,4-6,8-9,12,14H2,1-3H3,(H,27,33)(H,28,32)/t18-,21+,23+/m0/s1. The van der Waals surface area contributed by atoms with Crippen LogP contribution in [-0.2, 0) is 21.4 Å². The highest BCUT2D eigenvalue weighted by molar-refractivity contribution is 6.00. The Morgan fingerprint density at radius 3 is 2.64 bits per heavy atom. The first-order valence-electron chi connectivity index (χ1n) is 12.6. The first-order valence-corrected chi connectivity index (χ1v) is 12.6. The Bertz CT molecular complexity index is 1170. The highest BCUT2D eigenvalue weighted by Gasteiger charge is 2.39. The number of likely N-dealkylation sites (N-methyl/N-ethyl adjacent to an activating group) is 1. The topological polar surface area (TPSA) is 115 Å². The maximum Gasteiger partial charge on any atom is 0.257 e. The number of ether oxygens (including phenoxy) is 2. The summed E-state index contributed by atoms with van der Waals surface area (Å²) in [6.07, 6.45) is 5.64. The number of fused-ring (bicyclic) bond motifs is 2. The Labute approximate surface area is 210 Å². The molecule has 0 spiro atoms. The Hall–Kier alpha value is -3.40. The van der Waals surface area contributed by atoms with E-state index in [4.69, 9.17) is 9.47 Å². The minimum absolute atomic E-state index is 0.00303. The first-order chi connectivity index (χ1) is 17.3. The second kappa shape index (κ2) is 9.93. The molecule has 2 fully saturated rings. The van der Waals surface area contributed by atoms with Gasteiger partial charge in [-0.2, -0.15) is 5.10 Å². The number of hydrogen-bond acceptors (Lipinski definition) is 6. The van der Waals surface area contributed by atoms with Crippen molar-refractivity contribution in [3.63, 3.8) is 0 Å². The Kier molecular flexibility index (Phi) is 6.70. The number of aromatic nitrogens is 2. The Balaban J connectivity index is 1.24. The molecule has 0 radical (unpaired) electrons. The van der Waals surface area contributed by atoms with Gasteiger partial charge in [0.2, 0.25) is 11.8 Å². The first kappa shape index (κ1) is 24.3. The molecule has 192 valence electrons. The van der Waals surface area contributed by atoms with Crippen molar-refractivity contribution in [1.29, 1.82) is 0 Å². The summed E-state index contributed by atoms with van der Waals surface area (Å²) < 4.78 is 14.0. The minimum atomic E-state index is -0.350. The number of nitrogens with one attached hydrogen (secondary N) is 2. The van der Waals surface area contributed by atoms with Crippen molar-refractivity contribution in [2.45, 2.75) is 63.7 Å². The number of benzene rings is 1. The second-order valence-electron chi connectivity index (χ2n) is 10.1. The monoisotopic (exact) mass is 495 g/mol. The fraction of sp³-hybridized carbons (Fsp3) is 0.538. The van der Waals surface area contributed by atoms with Gasteiger partial charge in [0.05, 0.1) is 35.5 Å². The van der Waals surface area contributed by atoms with Crippen LogP contribution in [0.15, 0.2) is 24.4 Å². The third-order valence-corrected chi connectivity index (χ3v) is 7.46. The van der Waals surface area contributed by atoms with E-state index in [1.807, 2.05) is 14.0 Å². The summed E-state index contributed by atoms with van der Waals surface area (Å²) in [5, 5.41) is 10.1. The van der Waals surface area contributed by atoms with Crippen LogP contribution in [0.3, 0.4) is 0 Å². The van der Waals surface area contributed by atoms with Crippen molar-refractivity contribution in [1.82, 2.24) is 14.7 Å². The highest BCUT2D eigenvalue weighted by Crippen LogP contribution is 2.33. The van der Waals surface area contributed by atoms with Crippen molar-refractivity contribution < 1.29 is 23.9 Å². The molecule has 3 amide bonds. The number of carbonyl (C=O) groups excluding carboxylic acids is 3. The number of rotatable bonds is 5. The zero-order valence-corrected chi connectivity index (χ0v) is 21.0. The van der Waals surface area contributed by atoms with E-state index >= 15 is 0 Å². The number of nitrogens with zero attached hydrogens (tertiary/aromatic N) is 3. The number of aryl methyl sites for hydroxylation is 2. The second-order valence-corrected chi connectivity index (χ2v) is 10.1. The van der Waals surface area contributed by atoms with Gasteiger partial charge in [0, 0.05) is 31.9 Å². The molecular formula is C26H33N5O5. The van der Waals surface area contributed by atoms with E-state index in [1.165, 1.54) is 0 Å². The molecule has 3 heterocycles. The van der Waals surface area contributed by atoms with E-state index in [-0.39, 0.29) is 54.9 Å². The van der Waals surface area contributed by atoms with Gasteiger partial charge in [0.15, 0.2) is 0 Å². The number of amides is 3. The molecule has 0 unspecified atom stereocenters. The van der Waals surface area contributed by atoms with E-state index in [0.29, 0.717) is 35.5 Å². The molecule has 36 heavy (non-hydrogen) atoms. The lowest BCUT2D eigenvalue weighted by molar-refractivity contribution is -0.130. The zero-order valence-electron chi connectivity index (χ0n) is 21.0. The third kappa shape index (κ3) is 4.95. The lowest BCUT2D eigenvalue weighted by Gasteiger charge is -2.42. The lowest BCUT2D eigenvalue weighted by atomic mass is 9.85. The van der Waals surface area contributed by atoms with Gasteiger partial charge in [-0.25, -0.2) is 0 Å². The van der Waals surface area contributed by atoms with Crippen molar-refractivity contribution >= 4 is 29.1 Å². The number of hydrogen-bond donors (Lipinski definition) is 2. The van der Waals surface area contributed by atoms with Gasteiger partial charge in [0.25, 0.3) is 5.91 Å². The van der Waals surface area contributed by atoms with Gasteiger partial charge in [0.1, 0.15) is 18.5 Å². The number of carbonyl (C=O) groups is 3. The van der Waals surface area contributed by atoms with Crippen LogP contribution in [-0.4, -0.2) is 64.3 Å². The summed E-state index contributed by atoms with van der Waals surface area (Å²) in [4.78, 5) is 40.1. The van der Waals surface area contributed by atoms with E-state index in [0.717, 1.165) is 25.0 Å². The van der Waals surface area contributed by atoms with E-state index < -0.39 is 0 Å². The number of anilines is 2. The van der Waals surface area contributed by atoms with Gasteiger partial charge in [-0.05, 0) is 50.8 Å². The van der Waals surface area contributed by atoms with Crippen molar-refractivity contribution in [3.05, 3.63) is 35.7 Å². The van der Waals surface area contributed by atoms with Crippen LogP contribution in [0.5, 0.6) is 5.75 Å². The van der Waals surface area contributed by atoms with Gasteiger partial charge in [-0.15, -0.1) is 0 Å². The summed E-state index contributed by atoms with van der Waals surface area (Å²) in [6.45, 7) is 2.11. The lowest BCUT2D eigenvalue weighted by Crippen LogP contribution is -2.53. The molecule has 1 aromatic carbocycles. The normalized spacial score (nSPS) is 23.9. The molecule has 3 aliphatic rings. The molecule has 2 aliphatic heterocycles. The van der Waals surface area contributed by atoms with Crippen molar-refractivity contribution in [2.75, 3.05) is 24.3 Å². The molecule has 0 bridgehead atoms. The van der Waals surface area contributed by atoms with Crippen LogP contribution >= 0.6 is 0 Å². The van der Waals surface area contributed by atoms with Crippen molar-refractivity contribution in [2.24, 2.45) is 13.0 Å². The van der Waals surface area contributed by atoms with Gasteiger partial charge >= 0.3 is 0 Å². The van der Waals surface area contributed by atoms with Crippen LogP contribution in [0.4, 0.5) is 11.4 Å². The van der Waals surface area contributed by atoms with Crippen LogP contribution in [0.1, 0.15) is 54.6 Å². The largest absolute Gasteiger partial charge is 0.490 e. The molecular weight excluding hydrogens is 462 g/mol. The average molecular weight is 496 g/mol. The van der Waals surface area contributed by atoms with Crippen LogP contribution in [0.25, 0.3) is 0 Å². The predicted octanol–water partition coefficient (Wildman–Crippen LogP) is 2.88. The molecule has 2 N–H and O–H groups in total. The van der Waals surface area contributed by atoms with Gasteiger partial charge < -0.3 is 25.0 Å². The summed E-state index contributed by atoms with van der Waals surface area (Å²) in [5.41, 5.74) is 2.47. The minimum Gasteiger partial charge on any atom is -0.490 e. The van der Waals surface area contributed by atoms with Crippen LogP contribution in [0, 0.1) is 12.8 Å². The fourth-order valence-electron chi connectivity index (χ4n) is 5.15. The fourth-order valence-corrected chi connectivity index (χ4v) is 5.15. The summed E-state index contributed by atoms with van der Waals surface area (Å²) >= 11 is 0. The van der Waals surface area contributed by atoms with Crippen LogP contribution < -0.4 is 15.4 Å². The average Bonchev–Trinajstić information content (AvgIpc) is 3.11. The van der Waals surface area contributed by atoms with Gasteiger partial charge in [-0.3, -0.25) is 19.1 Å². The maximum atomic E-state index is 13.4. The van der Waals surface area contributed by atoms with E-state index in [9.17, 15) is 14.4 Å². The zero-order chi connectivity index (χ0) is 25.4. The maximum absolute atomic E-state index is 13.4. The molecule has 1 aliphatic carbocycles. The Morgan fingerprint density at radius 2 is 1.94 bits per heavy atom. The smallest absolute Gasteiger partial charge is 0.257 e. The summed E-state index contributed by atoms with van der Waals surface area (Å²) in [7, 11) is 3.58. The van der Waals surface area contributed by atoms with Gasteiger partial charge in [-0.1, -0.05) is 6.42 Å². The SMILES string of the molecule is Cc1nn(C)cc1NC(=O)C[C@@H]1CC[C@@H]2[C@@H](COc3ccc(NC(=O)C4CCC4)cc3C(=O)N2C)O1. The predicted molar refractivity (Wildman–Crippen MR) is 133 cm³/mol. The molecule has 10 heteroatoms. The van der Waals surface area contributed by atoms with E-state index in [1.54, 1.807) is 41.0 Å². The quantitative estimate of drug-likeness (QED) is 0.659. The molecule has 1 saturated heterocycles. The van der Waals surface area contributed by atoms with Crippen molar-refractivity contribution in [3.8, 4) is 5.75 Å².